The molecule has 0 spiro atoms. The van der Waals surface area contributed by atoms with Crippen LogP contribution >= 0.6 is 0 Å². The van der Waals surface area contributed by atoms with Gasteiger partial charge in [0, 0.05) is 22.0 Å². The summed E-state index contributed by atoms with van der Waals surface area (Å²) in [6.45, 7) is 8.93. The van der Waals surface area contributed by atoms with Gasteiger partial charge >= 0.3 is 0 Å². The molecule has 0 saturated heterocycles. The number of fused-ring (bicyclic) bond motifs is 4. The largest absolute Gasteiger partial charge is 0.309 e. The number of hydrogen-bond donors (Lipinski definition) is 1. The third-order valence-corrected chi connectivity index (χ3v) is 7.90. The second kappa shape index (κ2) is 10.8. The maximum Gasteiger partial charge on any atom is 0.0653 e. The summed E-state index contributed by atoms with van der Waals surface area (Å²) in [5, 5.41) is 4.66. The van der Waals surface area contributed by atoms with E-state index in [-0.39, 0.29) is 0 Å². The lowest BCUT2D eigenvalue weighted by Gasteiger charge is -2.28. The minimum absolute atomic E-state index is 0.721. The summed E-state index contributed by atoms with van der Waals surface area (Å²) < 4.78 is 2.35. The minimum atomic E-state index is 0.721. The molecule has 0 saturated carbocycles. The van der Waals surface area contributed by atoms with Gasteiger partial charge in [0.25, 0.3) is 0 Å². The van der Waals surface area contributed by atoms with E-state index in [2.05, 4.69) is 162 Å². The average Bonchev–Trinajstić information content (AvgIpc) is 3.29. The predicted octanol–water partition coefficient (Wildman–Crippen LogP) is 9.57. The van der Waals surface area contributed by atoms with Crippen LogP contribution in [0.15, 0.2) is 159 Å². The summed E-state index contributed by atoms with van der Waals surface area (Å²) in [5.41, 5.74) is 14.9. The van der Waals surface area contributed by atoms with Crippen LogP contribution in [0.5, 0.6) is 0 Å². The van der Waals surface area contributed by atoms with Crippen LogP contribution in [0.2, 0.25) is 0 Å². The van der Waals surface area contributed by atoms with Gasteiger partial charge in [0.2, 0.25) is 0 Å². The van der Waals surface area contributed by atoms with Crippen molar-refractivity contribution < 1.29 is 0 Å². The predicted molar refractivity (Wildman–Crippen MR) is 179 cm³/mol. The molecular formula is C39H31N3. The normalized spacial score (nSPS) is 13.3. The highest BCUT2D eigenvalue weighted by molar-refractivity contribution is 6.10. The Bertz CT molecular complexity index is 2010. The highest BCUT2D eigenvalue weighted by atomic mass is 15.5. The van der Waals surface area contributed by atoms with Crippen LogP contribution in [-0.4, -0.2) is 11.1 Å². The van der Waals surface area contributed by atoms with Crippen molar-refractivity contribution in [2.24, 2.45) is 0 Å². The van der Waals surface area contributed by atoms with Crippen molar-refractivity contribution in [2.45, 2.75) is 0 Å². The topological polar surface area (TPSA) is 20.2 Å². The van der Waals surface area contributed by atoms with E-state index in [0.717, 1.165) is 34.6 Å². The number of nitrogens with zero attached hydrogens (tertiary/aromatic N) is 2. The Balaban J connectivity index is 1.23. The number of allylic oxidation sites excluding steroid dienone is 4. The van der Waals surface area contributed by atoms with Gasteiger partial charge in [0.1, 0.15) is 0 Å². The zero-order chi connectivity index (χ0) is 28.5. The molecule has 0 atom stereocenters. The Kier molecular flexibility index (Phi) is 6.54. The molecule has 1 N–H and O–H groups in total. The number of rotatable bonds is 6. The van der Waals surface area contributed by atoms with Crippen LogP contribution in [0.1, 0.15) is 11.1 Å². The maximum absolute atomic E-state index is 4.24. The van der Waals surface area contributed by atoms with E-state index in [1.165, 1.54) is 38.6 Å². The van der Waals surface area contributed by atoms with Crippen LogP contribution in [0.4, 0.5) is 5.69 Å². The fraction of sp³-hybridized carbons (Fsp3) is 0.0256. The average molecular weight is 542 g/mol. The van der Waals surface area contributed by atoms with E-state index < -0.39 is 0 Å². The van der Waals surface area contributed by atoms with Crippen molar-refractivity contribution in [1.29, 1.82) is 0 Å². The fourth-order valence-corrected chi connectivity index (χ4v) is 5.89. The molecule has 3 nitrogen and oxygen atoms in total. The monoisotopic (exact) mass is 541 g/mol. The number of anilines is 1. The first-order valence-corrected chi connectivity index (χ1v) is 14.2. The summed E-state index contributed by atoms with van der Waals surface area (Å²) in [5.74, 6) is 0. The van der Waals surface area contributed by atoms with Gasteiger partial charge in [0.15, 0.2) is 0 Å². The molecule has 3 heteroatoms. The lowest BCUT2D eigenvalue weighted by Crippen LogP contribution is -2.37. The smallest absolute Gasteiger partial charge is 0.0653 e. The molecule has 0 unspecified atom stereocenters. The molecule has 1 aromatic heterocycles. The van der Waals surface area contributed by atoms with Crippen molar-refractivity contribution in [3.8, 4) is 16.8 Å². The van der Waals surface area contributed by atoms with E-state index in [4.69, 9.17) is 0 Å². The highest BCUT2D eigenvalue weighted by Crippen LogP contribution is 2.35. The van der Waals surface area contributed by atoms with E-state index in [1.54, 1.807) is 0 Å². The summed E-state index contributed by atoms with van der Waals surface area (Å²) in [4.78, 5) is 0. The maximum atomic E-state index is 4.24. The van der Waals surface area contributed by atoms with Gasteiger partial charge in [-0.25, -0.2) is 0 Å². The molecule has 0 aliphatic carbocycles. The standard InChI is InChI=1S/C39H31N3/c1-3-12-36(40-41-26-11-13-28(2)33-16-7-9-18-37(33)41)30-22-20-29(21-23-30)31-24-25-39-35(27-31)34-17-8-10-19-38(34)42(39)32-14-5-4-6-15-32/h3-25,27,40H,1-2,26H2/b36-12-. The molecular weight excluding hydrogens is 510 g/mol. The second-order valence-electron chi connectivity index (χ2n) is 10.5. The number of benzene rings is 5. The summed E-state index contributed by atoms with van der Waals surface area (Å²) in [6, 6.07) is 43.1. The molecule has 0 amide bonds. The van der Waals surface area contributed by atoms with Crippen LogP contribution in [0.3, 0.4) is 0 Å². The first kappa shape index (κ1) is 25.4. The van der Waals surface area contributed by atoms with Gasteiger partial charge in [-0.05, 0) is 64.7 Å². The zero-order valence-corrected chi connectivity index (χ0v) is 23.4. The molecule has 0 fully saturated rings. The van der Waals surface area contributed by atoms with Crippen molar-refractivity contribution in [3.63, 3.8) is 0 Å². The van der Waals surface area contributed by atoms with Crippen LogP contribution in [-0.2, 0) is 0 Å². The molecule has 1 aliphatic heterocycles. The van der Waals surface area contributed by atoms with Gasteiger partial charge in [-0.1, -0.05) is 116 Å². The SMILES string of the molecule is C=C/C=C(\NN1CC=CC(=C)c2ccccc21)c1ccc(-c2ccc3c(c2)c2ccccc2n3-c2ccccc2)cc1. The second-order valence-corrected chi connectivity index (χ2v) is 10.5. The van der Waals surface area contributed by atoms with E-state index >= 15 is 0 Å². The minimum Gasteiger partial charge on any atom is -0.309 e. The van der Waals surface area contributed by atoms with Gasteiger partial charge in [-0.2, -0.15) is 0 Å². The number of hydrogen-bond acceptors (Lipinski definition) is 2. The van der Waals surface area contributed by atoms with E-state index in [0.29, 0.717) is 0 Å². The lowest BCUT2D eigenvalue weighted by atomic mass is 10.0. The first-order chi connectivity index (χ1) is 20.7. The molecule has 2 heterocycles. The molecule has 7 rings (SSSR count). The third-order valence-electron chi connectivity index (χ3n) is 7.90. The van der Waals surface area contributed by atoms with Gasteiger partial charge in [-0.3, -0.25) is 10.4 Å². The highest BCUT2D eigenvalue weighted by Gasteiger charge is 2.16. The summed E-state index contributed by atoms with van der Waals surface area (Å²) in [7, 11) is 0. The quantitative estimate of drug-likeness (QED) is 0.212. The summed E-state index contributed by atoms with van der Waals surface area (Å²) >= 11 is 0. The first-order valence-electron chi connectivity index (χ1n) is 14.2. The van der Waals surface area contributed by atoms with E-state index in [1.807, 2.05) is 12.2 Å². The number of hydrazine groups is 1. The van der Waals surface area contributed by atoms with Gasteiger partial charge in [0.05, 0.1) is 29.0 Å². The Hall–Kier alpha value is -5.54. The fourth-order valence-electron chi connectivity index (χ4n) is 5.89. The molecule has 5 aromatic carbocycles. The molecule has 202 valence electrons. The van der Waals surface area contributed by atoms with Crippen LogP contribution < -0.4 is 10.4 Å². The Morgan fingerprint density at radius 2 is 1.43 bits per heavy atom. The van der Waals surface area contributed by atoms with E-state index in [9.17, 15) is 0 Å². The number of aromatic nitrogens is 1. The van der Waals surface area contributed by atoms with Gasteiger partial charge in [-0.15, -0.1) is 0 Å². The van der Waals surface area contributed by atoms with Crippen molar-refractivity contribution in [3.05, 3.63) is 170 Å². The van der Waals surface area contributed by atoms with Crippen molar-refractivity contribution in [1.82, 2.24) is 9.99 Å². The third kappa shape index (κ3) is 4.51. The number of para-hydroxylation sites is 3. The Labute approximate surface area is 246 Å². The van der Waals surface area contributed by atoms with Gasteiger partial charge < -0.3 is 4.57 Å². The molecule has 0 bridgehead atoms. The Morgan fingerprint density at radius 1 is 0.714 bits per heavy atom. The van der Waals surface area contributed by atoms with Crippen LogP contribution in [0.25, 0.3) is 49.9 Å². The molecule has 0 radical (unpaired) electrons. The molecule has 6 aromatic rings. The van der Waals surface area contributed by atoms with Crippen molar-refractivity contribution >= 4 is 38.8 Å². The Morgan fingerprint density at radius 3 is 2.26 bits per heavy atom. The lowest BCUT2D eigenvalue weighted by molar-refractivity contribution is 0.808. The molecule has 1 aliphatic rings. The van der Waals surface area contributed by atoms with Crippen molar-refractivity contribution in [2.75, 3.05) is 11.6 Å². The van der Waals surface area contributed by atoms with Crippen LogP contribution in [0, 0.1) is 0 Å². The summed E-state index contributed by atoms with van der Waals surface area (Å²) in [6.07, 6.45) is 8.06. The zero-order valence-electron chi connectivity index (χ0n) is 23.4. The molecule has 42 heavy (non-hydrogen) atoms. The number of nitrogens with one attached hydrogen (secondary N) is 1.